The molecule has 3 heterocycles. The van der Waals surface area contributed by atoms with Gasteiger partial charge >= 0.3 is 0 Å². The number of hydrogen-bond donors (Lipinski definition) is 0. The van der Waals surface area contributed by atoms with E-state index in [2.05, 4.69) is 20.2 Å². The zero-order valence-electron chi connectivity index (χ0n) is 10.5. The molecule has 0 aromatic carbocycles. The SMILES string of the molecule is CS(=O)(=O)N1CCN(c2ccc3nncn3n2)CC1. The number of aromatic nitrogens is 4. The summed E-state index contributed by atoms with van der Waals surface area (Å²) in [6.45, 7) is 2.24. The van der Waals surface area contributed by atoms with Crippen LogP contribution in [-0.2, 0) is 10.0 Å². The van der Waals surface area contributed by atoms with Crippen molar-refractivity contribution in [3.05, 3.63) is 18.5 Å². The highest BCUT2D eigenvalue weighted by molar-refractivity contribution is 7.88. The molecule has 1 aliphatic rings. The third kappa shape index (κ3) is 2.38. The van der Waals surface area contributed by atoms with Crippen molar-refractivity contribution in [1.29, 1.82) is 0 Å². The molecule has 0 N–H and O–H groups in total. The summed E-state index contributed by atoms with van der Waals surface area (Å²) in [5.41, 5.74) is 0.693. The van der Waals surface area contributed by atoms with Gasteiger partial charge in [0, 0.05) is 26.2 Å². The van der Waals surface area contributed by atoms with Gasteiger partial charge in [-0.25, -0.2) is 8.42 Å². The van der Waals surface area contributed by atoms with Gasteiger partial charge in [-0.3, -0.25) is 0 Å². The summed E-state index contributed by atoms with van der Waals surface area (Å²) in [5, 5.41) is 12.1. The van der Waals surface area contributed by atoms with Crippen LogP contribution in [0.1, 0.15) is 0 Å². The molecule has 1 saturated heterocycles. The lowest BCUT2D eigenvalue weighted by Gasteiger charge is -2.33. The number of rotatable bonds is 2. The lowest BCUT2D eigenvalue weighted by Crippen LogP contribution is -2.48. The Morgan fingerprint density at radius 1 is 1.16 bits per heavy atom. The van der Waals surface area contributed by atoms with Crippen molar-refractivity contribution in [3.8, 4) is 0 Å². The summed E-state index contributed by atoms with van der Waals surface area (Å²) in [5.74, 6) is 0.806. The Morgan fingerprint density at radius 2 is 1.89 bits per heavy atom. The van der Waals surface area contributed by atoms with Gasteiger partial charge in [0.15, 0.2) is 5.65 Å². The van der Waals surface area contributed by atoms with E-state index in [4.69, 9.17) is 0 Å². The number of anilines is 1. The topological polar surface area (TPSA) is 83.7 Å². The first-order valence-corrected chi connectivity index (χ1v) is 7.76. The second-order valence-electron chi connectivity index (χ2n) is 4.47. The predicted octanol–water partition coefficient (Wildman–Crippen LogP) is -0.794. The fourth-order valence-corrected chi connectivity index (χ4v) is 2.96. The Kier molecular flexibility index (Phi) is 2.86. The van der Waals surface area contributed by atoms with Crippen LogP contribution in [0.2, 0.25) is 0 Å². The predicted molar refractivity (Wildman–Crippen MR) is 69.4 cm³/mol. The maximum absolute atomic E-state index is 11.4. The number of nitrogens with zero attached hydrogens (tertiary/aromatic N) is 6. The van der Waals surface area contributed by atoms with E-state index in [1.807, 2.05) is 12.1 Å². The molecule has 0 bridgehead atoms. The second-order valence-corrected chi connectivity index (χ2v) is 6.46. The number of sulfonamides is 1. The highest BCUT2D eigenvalue weighted by Crippen LogP contribution is 2.14. The molecule has 3 rings (SSSR count). The Labute approximate surface area is 110 Å². The minimum absolute atomic E-state index is 0.487. The molecule has 0 radical (unpaired) electrons. The first-order chi connectivity index (χ1) is 9.04. The average Bonchev–Trinajstić information content (AvgIpc) is 2.85. The zero-order chi connectivity index (χ0) is 13.5. The van der Waals surface area contributed by atoms with Crippen molar-refractivity contribution < 1.29 is 8.42 Å². The highest BCUT2D eigenvalue weighted by Gasteiger charge is 2.24. The molecular formula is C10H14N6O2S. The van der Waals surface area contributed by atoms with Crippen molar-refractivity contribution in [2.24, 2.45) is 0 Å². The molecule has 9 heteroatoms. The van der Waals surface area contributed by atoms with Crippen LogP contribution < -0.4 is 4.90 Å². The second kappa shape index (κ2) is 4.42. The third-order valence-electron chi connectivity index (χ3n) is 3.18. The fraction of sp³-hybridized carbons (Fsp3) is 0.500. The Balaban J connectivity index is 1.77. The van der Waals surface area contributed by atoms with Crippen LogP contribution in [0.25, 0.3) is 5.65 Å². The molecule has 0 saturated carbocycles. The monoisotopic (exact) mass is 282 g/mol. The molecule has 0 spiro atoms. The van der Waals surface area contributed by atoms with Crippen molar-refractivity contribution >= 4 is 21.5 Å². The van der Waals surface area contributed by atoms with Gasteiger partial charge in [0.25, 0.3) is 0 Å². The van der Waals surface area contributed by atoms with Gasteiger partial charge in [0.05, 0.1) is 6.26 Å². The van der Waals surface area contributed by atoms with Gasteiger partial charge in [0.2, 0.25) is 10.0 Å². The van der Waals surface area contributed by atoms with Gasteiger partial charge in [0.1, 0.15) is 12.1 Å². The molecule has 1 aliphatic heterocycles. The Hall–Kier alpha value is -1.74. The molecule has 0 amide bonds. The van der Waals surface area contributed by atoms with Gasteiger partial charge in [-0.2, -0.15) is 8.82 Å². The van der Waals surface area contributed by atoms with E-state index in [-0.39, 0.29) is 0 Å². The largest absolute Gasteiger partial charge is 0.353 e. The van der Waals surface area contributed by atoms with E-state index in [1.54, 1.807) is 10.8 Å². The Bertz CT molecular complexity index is 689. The molecule has 1 fully saturated rings. The van der Waals surface area contributed by atoms with Gasteiger partial charge in [-0.15, -0.1) is 15.3 Å². The van der Waals surface area contributed by atoms with Crippen molar-refractivity contribution in [1.82, 2.24) is 24.1 Å². The van der Waals surface area contributed by atoms with E-state index in [0.717, 1.165) is 5.82 Å². The van der Waals surface area contributed by atoms with Crippen LogP contribution in [0.4, 0.5) is 5.82 Å². The van der Waals surface area contributed by atoms with Crippen molar-refractivity contribution in [2.45, 2.75) is 0 Å². The molecule has 2 aromatic rings. The van der Waals surface area contributed by atoms with Gasteiger partial charge in [-0.1, -0.05) is 0 Å². The Morgan fingerprint density at radius 3 is 2.58 bits per heavy atom. The molecule has 2 aromatic heterocycles. The maximum Gasteiger partial charge on any atom is 0.211 e. The van der Waals surface area contributed by atoms with Crippen molar-refractivity contribution in [2.75, 3.05) is 37.3 Å². The number of piperazine rings is 1. The summed E-state index contributed by atoms with van der Waals surface area (Å²) in [6.07, 6.45) is 2.79. The van der Waals surface area contributed by atoms with Crippen LogP contribution in [0.3, 0.4) is 0 Å². The molecule has 0 unspecified atom stereocenters. The van der Waals surface area contributed by atoms with Crippen LogP contribution >= 0.6 is 0 Å². The standard InChI is InChI=1S/C10H14N6O2S/c1-19(17,18)15-6-4-14(5-7-15)10-3-2-9-12-11-8-16(9)13-10/h2-3,8H,4-7H2,1H3. The lowest BCUT2D eigenvalue weighted by molar-refractivity contribution is 0.386. The van der Waals surface area contributed by atoms with Crippen LogP contribution in [-0.4, -0.2) is 65.0 Å². The molecule has 0 atom stereocenters. The summed E-state index contributed by atoms with van der Waals surface area (Å²) >= 11 is 0. The van der Waals surface area contributed by atoms with Crippen LogP contribution in [0.15, 0.2) is 18.5 Å². The first kappa shape index (κ1) is 12.3. The summed E-state index contributed by atoms with van der Waals surface area (Å²) in [7, 11) is -3.10. The van der Waals surface area contributed by atoms with E-state index in [1.165, 1.54) is 10.6 Å². The summed E-state index contributed by atoms with van der Waals surface area (Å²) < 4.78 is 26.0. The summed E-state index contributed by atoms with van der Waals surface area (Å²) in [6, 6.07) is 3.72. The average molecular weight is 282 g/mol. The highest BCUT2D eigenvalue weighted by atomic mass is 32.2. The molecule has 102 valence electrons. The lowest BCUT2D eigenvalue weighted by atomic mass is 10.3. The summed E-state index contributed by atoms with van der Waals surface area (Å²) in [4.78, 5) is 2.06. The molecule has 0 aliphatic carbocycles. The minimum atomic E-state index is -3.10. The van der Waals surface area contributed by atoms with E-state index < -0.39 is 10.0 Å². The van der Waals surface area contributed by atoms with E-state index in [9.17, 15) is 8.42 Å². The third-order valence-corrected chi connectivity index (χ3v) is 4.48. The van der Waals surface area contributed by atoms with Crippen LogP contribution in [0, 0.1) is 0 Å². The number of fused-ring (bicyclic) bond motifs is 1. The minimum Gasteiger partial charge on any atom is -0.353 e. The quantitative estimate of drug-likeness (QED) is 0.717. The van der Waals surface area contributed by atoms with Crippen molar-refractivity contribution in [3.63, 3.8) is 0 Å². The first-order valence-electron chi connectivity index (χ1n) is 5.91. The van der Waals surface area contributed by atoms with E-state index in [0.29, 0.717) is 31.8 Å². The maximum atomic E-state index is 11.4. The molecule has 19 heavy (non-hydrogen) atoms. The van der Waals surface area contributed by atoms with Crippen LogP contribution in [0.5, 0.6) is 0 Å². The molecular weight excluding hydrogens is 268 g/mol. The normalized spacial score (nSPS) is 18.1. The van der Waals surface area contributed by atoms with Gasteiger partial charge < -0.3 is 4.90 Å². The number of hydrogen-bond acceptors (Lipinski definition) is 6. The smallest absolute Gasteiger partial charge is 0.211 e. The molecule has 8 nitrogen and oxygen atoms in total. The van der Waals surface area contributed by atoms with Gasteiger partial charge in [-0.05, 0) is 12.1 Å². The van der Waals surface area contributed by atoms with E-state index >= 15 is 0 Å². The fourth-order valence-electron chi connectivity index (χ4n) is 2.14. The zero-order valence-corrected chi connectivity index (χ0v) is 11.3.